The van der Waals surface area contributed by atoms with Crippen molar-refractivity contribution in [3.8, 4) is 0 Å². The molecule has 1 aliphatic rings. The van der Waals surface area contributed by atoms with Gasteiger partial charge in [-0.3, -0.25) is 38.4 Å². The molecule has 9 atom stereocenters. The van der Waals surface area contributed by atoms with Crippen LogP contribution < -0.4 is 54.0 Å². The number of thiol groups is 2. The minimum atomic E-state index is -1.54. The minimum absolute atomic E-state index is 0.0629. The molecule has 20 nitrogen and oxygen atoms in total. The zero-order valence-corrected chi connectivity index (χ0v) is 40.9. The predicted molar refractivity (Wildman–Crippen MR) is 268 cm³/mol. The summed E-state index contributed by atoms with van der Waals surface area (Å²) in [6.45, 7) is 4.12. The summed E-state index contributed by atoms with van der Waals surface area (Å²) in [5, 5.41) is 32.9. The first-order valence-corrected chi connectivity index (χ1v) is 24.7. The first kappa shape index (κ1) is 55.9. The zero-order chi connectivity index (χ0) is 50.5. The van der Waals surface area contributed by atoms with Crippen LogP contribution in [-0.2, 0) is 51.2 Å². The third-order valence-electron chi connectivity index (χ3n) is 11.8. The SMILES string of the molecule is CCCC[C@H](NC(=O)[C@@H](NC(=O)[C@@H](CS)NC(=O)[C@H](CCCCN)NC(=O)[C@@H](Cc1c[nH]c2ccccc12)NC(=O)[C@@H](CS)NC(=O)[C@H](Cc1ccccc1)NC(=O)[C@@H]1CCCN1)[C@@H](C)O)C(N)=O. The van der Waals surface area contributed by atoms with Crippen LogP contribution in [0.25, 0.3) is 10.9 Å². The van der Waals surface area contributed by atoms with E-state index in [1.807, 2.05) is 61.5 Å². The number of unbranched alkanes of at least 4 members (excludes halogenated alkanes) is 2. The first-order valence-electron chi connectivity index (χ1n) is 23.4. The number of aliphatic hydroxyl groups excluding tert-OH is 1. The Morgan fingerprint density at radius 3 is 1.83 bits per heavy atom. The lowest BCUT2D eigenvalue weighted by molar-refractivity contribution is -0.136. The van der Waals surface area contributed by atoms with Gasteiger partial charge in [0.1, 0.15) is 42.3 Å². The average Bonchev–Trinajstić information content (AvgIpc) is 4.03. The molecule has 4 rings (SSSR count). The third-order valence-corrected chi connectivity index (χ3v) is 12.5. The van der Waals surface area contributed by atoms with Gasteiger partial charge in [-0.2, -0.15) is 25.3 Å². The summed E-state index contributed by atoms with van der Waals surface area (Å²) in [5.74, 6) is -6.30. The van der Waals surface area contributed by atoms with Gasteiger partial charge in [0.2, 0.25) is 47.3 Å². The van der Waals surface area contributed by atoms with E-state index in [1.54, 1.807) is 6.20 Å². The second kappa shape index (κ2) is 28.7. The van der Waals surface area contributed by atoms with E-state index in [1.165, 1.54) is 6.92 Å². The Kier molecular flexibility index (Phi) is 23.3. The normalized spacial score (nSPS) is 16.9. The van der Waals surface area contributed by atoms with Crippen molar-refractivity contribution in [3.05, 3.63) is 71.9 Å². The Morgan fingerprint density at radius 1 is 0.681 bits per heavy atom. The van der Waals surface area contributed by atoms with Gasteiger partial charge in [0.05, 0.1) is 12.1 Å². The number of nitrogens with two attached hydrogens (primary N) is 2. The number of fused-ring (bicyclic) bond motifs is 1. The molecule has 1 aromatic heterocycles. The Labute approximate surface area is 413 Å². The van der Waals surface area contributed by atoms with Crippen LogP contribution in [0.3, 0.4) is 0 Å². The molecule has 1 saturated heterocycles. The molecule has 0 radical (unpaired) electrons. The van der Waals surface area contributed by atoms with E-state index in [-0.39, 0.29) is 49.6 Å². The Bertz CT molecular complexity index is 2190. The average molecular weight is 996 g/mol. The molecule has 22 heteroatoms. The maximum absolute atomic E-state index is 14.5. The number of aliphatic hydroxyl groups is 1. The van der Waals surface area contributed by atoms with Crippen LogP contribution in [0.2, 0.25) is 0 Å². The van der Waals surface area contributed by atoms with Gasteiger partial charge in [-0.15, -0.1) is 0 Å². The van der Waals surface area contributed by atoms with E-state index in [4.69, 9.17) is 11.5 Å². The Morgan fingerprint density at radius 2 is 1.23 bits per heavy atom. The molecule has 0 saturated carbocycles. The number of hydrogen-bond donors (Lipinski definition) is 14. The summed E-state index contributed by atoms with van der Waals surface area (Å²) in [6.07, 6.45) is 4.23. The van der Waals surface area contributed by atoms with Crippen LogP contribution in [-0.4, -0.2) is 136 Å². The summed E-state index contributed by atoms with van der Waals surface area (Å²) >= 11 is 8.64. The second-order valence-corrected chi connectivity index (χ2v) is 17.9. The van der Waals surface area contributed by atoms with Crippen molar-refractivity contribution in [1.29, 1.82) is 0 Å². The highest BCUT2D eigenvalue weighted by molar-refractivity contribution is 7.80. The lowest BCUT2D eigenvalue weighted by Gasteiger charge is -2.28. The van der Waals surface area contributed by atoms with Gasteiger partial charge in [0.15, 0.2) is 0 Å². The Balaban J connectivity index is 1.55. The minimum Gasteiger partial charge on any atom is -0.391 e. The van der Waals surface area contributed by atoms with Gasteiger partial charge in [-0.05, 0) is 75.7 Å². The molecule has 3 aromatic rings. The number of rotatable bonds is 29. The van der Waals surface area contributed by atoms with Gasteiger partial charge in [0.25, 0.3) is 0 Å². The fraction of sp³-hybridized carbons (Fsp3) is 0.532. The highest BCUT2D eigenvalue weighted by Gasteiger charge is 2.35. The van der Waals surface area contributed by atoms with Crippen LogP contribution in [0.15, 0.2) is 60.8 Å². The molecular weight excluding hydrogens is 927 g/mol. The second-order valence-electron chi connectivity index (χ2n) is 17.2. The monoisotopic (exact) mass is 995 g/mol. The molecule has 1 aliphatic heterocycles. The highest BCUT2D eigenvalue weighted by Crippen LogP contribution is 2.20. The number of primary amides is 1. The molecule has 0 bridgehead atoms. The van der Waals surface area contributed by atoms with Crippen molar-refractivity contribution >= 4 is 83.4 Å². The molecule has 378 valence electrons. The zero-order valence-electron chi connectivity index (χ0n) is 39.1. The van der Waals surface area contributed by atoms with Crippen LogP contribution in [0.1, 0.15) is 76.3 Å². The number of carbonyl (C=O) groups excluding carboxylic acids is 8. The number of nitrogens with one attached hydrogen (secondary N) is 9. The summed E-state index contributed by atoms with van der Waals surface area (Å²) in [4.78, 5) is 112. The largest absolute Gasteiger partial charge is 0.391 e. The van der Waals surface area contributed by atoms with Crippen LogP contribution >= 0.6 is 25.3 Å². The number of H-pyrrole nitrogens is 1. The van der Waals surface area contributed by atoms with Crippen molar-refractivity contribution in [2.75, 3.05) is 24.6 Å². The van der Waals surface area contributed by atoms with E-state index < -0.39 is 95.8 Å². The Hall–Kier alpha value is -5.68. The standard InChI is InChI=1S/C47H69N11O9S2/c1-3-4-16-32(40(49)60)52-47(67)39(27(2)59)58-46(66)38(26-69)56-42(62)34(18-10-11-20-48)53-44(64)36(23-29-24-51-31-17-9-8-15-30(29)31)55-45(65)37(25-68)57-43(63)35(22-28-13-6-5-7-14-28)54-41(61)33-19-12-21-50-33/h5-9,13-15,17,24,27,32-39,50-51,59,68-69H,3-4,10-12,16,18-23,25-26,48H2,1-2H3,(H2,49,60)(H,52,67)(H,53,64)(H,54,61)(H,55,65)(H,56,62)(H,57,63)(H,58,66)/t27-,32+,33+,34+,35+,36-,37-,38-,39+/m1/s1. The fourth-order valence-corrected chi connectivity index (χ4v) is 8.34. The molecule has 0 aliphatic carbocycles. The molecule has 0 unspecified atom stereocenters. The molecule has 0 spiro atoms. The maximum atomic E-state index is 14.5. The number of hydrogen-bond acceptors (Lipinski definition) is 13. The molecule has 69 heavy (non-hydrogen) atoms. The van der Waals surface area contributed by atoms with Crippen molar-refractivity contribution in [3.63, 3.8) is 0 Å². The third kappa shape index (κ3) is 17.4. The number of amides is 8. The molecule has 8 amide bonds. The van der Waals surface area contributed by atoms with Gasteiger partial charge in [-0.25, -0.2) is 0 Å². The lowest BCUT2D eigenvalue weighted by atomic mass is 10.0. The summed E-state index contributed by atoms with van der Waals surface area (Å²) in [7, 11) is 0. The molecule has 14 N–H and O–H groups in total. The molecule has 2 aromatic carbocycles. The van der Waals surface area contributed by atoms with Crippen molar-refractivity contribution in [1.82, 2.24) is 47.5 Å². The number of carbonyl (C=O) groups is 8. The van der Waals surface area contributed by atoms with E-state index in [0.29, 0.717) is 37.8 Å². The number of para-hydroxylation sites is 1. The van der Waals surface area contributed by atoms with Gasteiger partial charge >= 0.3 is 0 Å². The van der Waals surface area contributed by atoms with Gasteiger partial charge < -0.3 is 64.1 Å². The molecule has 2 heterocycles. The number of aromatic nitrogens is 1. The molecule has 1 fully saturated rings. The van der Waals surface area contributed by atoms with E-state index in [2.05, 4.69) is 72.8 Å². The van der Waals surface area contributed by atoms with E-state index >= 15 is 0 Å². The topological polar surface area (TPSA) is 321 Å². The lowest BCUT2D eigenvalue weighted by Crippen LogP contribution is -2.62. The smallest absolute Gasteiger partial charge is 0.245 e. The van der Waals surface area contributed by atoms with Crippen molar-refractivity contribution in [2.45, 2.75) is 132 Å². The highest BCUT2D eigenvalue weighted by atomic mass is 32.1. The molecular formula is C47H69N11O9S2. The van der Waals surface area contributed by atoms with E-state index in [0.717, 1.165) is 29.3 Å². The summed E-state index contributed by atoms with van der Waals surface area (Å²) in [5.41, 5.74) is 13.4. The van der Waals surface area contributed by atoms with Crippen LogP contribution in [0.5, 0.6) is 0 Å². The summed E-state index contributed by atoms with van der Waals surface area (Å²) < 4.78 is 0. The fourth-order valence-electron chi connectivity index (χ4n) is 7.82. The van der Waals surface area contributed by atoms with Crippen molar-refractivity contribution in [2.24, 2.45) is 11.5 Å². The number of aromatic amines is 1. The van der Waals surface area contributed by atoms with Crippen LogP contribution in [0, 0.1) is 0 Å². The van der Waals surface area contributed by atoms with E-state index in [9.17, 15) is 43.5 Å². The van der Waals surface area contributed by atoms with Crippen LogP contribution in [0.4, 0.5) is 0 Å². The number of benzene rings is 2. The first-order chi connectivity index (χ1) is 33.1. The summed E-state index contributed by atoms with van der Waals surface area (Å²) in [6, 6.07) is 7.08. The van der Waals surface area contributed by atoms with Crippen molar-refractivity contribution < 1.29 is 43.5 Å². The van der Waals surface area contributed by atoms with Gasteiger partial charge in [0, 0.05) is 41.4 Å². The van der Waals surface area contributed by atoms with Gasteiger partial charge in [-0.1, -0.05) is 68.3 Å². The quantitative estimate of drug-likeness (QED) is 0.0300. The predicted octanol–water partition coefficient (Wildman–Crippen LogP) is -0.856. The maximum Gasteiger partial charge on any atom is 0.245 e.